The van der Waals surface area contributed by atoms with E-state index in [1.165, 1.54) is 24.4 Å². The van der Waals surface area contributed by atoms with Crippen molar-refractivity contribution < 1.29 is 14.8 Å². The van der Waals surface area contributed by atoms with E-state index < -0.39 is 0 Å². The molecule has 0 unspecified atom stereocenters. The van der Waals surface area contributed by atoms with Crippen molar-refractivity contribution in [1.82, 2.24) is 20.3 Å². The number of phenolic OH excluding ortho intramolecular Hbond substituents is 2. The van der Waals surface area contributed by atoms with E-state index in [0.29, 0.717) is 23.7 Å². The molecule has 2 aromatic carbocycles. The van der Waals surface area contributed by atoms with E-state index in [9.17, 15) is 10.2 Å². The van der Waals surface area contributed by atoms with E-state index in [-0.39, 0.29) is 22.8 Å². The van der Waals surface area contributed by atoms with Gasteiger partial charge in [-0.1, -0.05) is 30.3 Å². The first-order valence-electron chi connectivity index (χ1n) is 8.28. The van der Waals surface area contributed by atoms with Crippen molar-refractivity contribution in [2.45, 2.75) is 6.54 Å². The van der Waals surface area contributed by atoms with Crippen LogP contribution in [0.4, 0.5) is 11.6 Å². The highest BCUT2D eigenvalue weighted by atomic mass is 16.6. The molecule has 10 heteroatoms. The Bertz CT molecular complexity index is 1130. The van der Waals surface area contributed by atoms with Gasteiger partial charge in [-0.15, -0.1) is 0 Å². The molecule has 0 spiro atoms. The van der Waals surface area contributed by atoms with Crippen LogP contribution in [0.1, 0.15) is 11.1 Å². The highest BCUT2D eigenvalue weighted by Gasteiger charge is 2.12. The Morgan fingerprint density at radius 2 is 1.71 bits per heavy atom. The third-order valence-electron chi connectivity index (χ3n) is 3.81. The monoisotopic (exact) mass is 377 g/mol. The van der Waals surface area contributed by atoms with Crippen LogP contribution in [-0.4, -0.2) is 36.7 Å². The van der Waals surface area contributed by atoms with Crippen LogP contribution in [0.25, 0.3) is 11.3 Å². The molecule has 28 heavy (non-hydrogen) atoms. The minimum atomic E-state index is -0.102. The summed E-state index contributed by atoms with van der Waals surface area (Å²) < 4.78 is 4.66. The standard InChI is InChI=1S/C18H15N7O3/c26-13-7-6-12(14(27)8-13)10-20-23-16-15(19-9-11-4-2-1-3-5-11)21-17-18(22-16)25-28-24-17/h1-8,10,26-27H,9H2,(H,19,21,24)(H,22,23,25). The number of rotatable bonds is 6. The maximum atomic E-state index is 9.82. The molecule has 0 aliphatic rings. The van der Waals surface area contributed by atoms with Gasteiger partial charge in [-0.3, -0.25) is 5.43 Å². The van der Waals surface area contributed by atoms with Gasteiger partial charge in [-0.2, -0.15) is 10.1 Å². The van der Waals surface area contributed by atoms with Crippen LogP contribution >= 0.6 is 0 Å². The molecule has 4 aromatic rings. The lowest BCUT2D eigenvalue weighted by Crippen LogP contribution is -2.07. The molecule has 2 aromatic heterocycles. The summed E-state index contributed by atoms with van der Waals surface area (Å²) in [6.45, 7) is 0.517. The van der Waals surface area contributed by atoms with Crippen LogP contribution in [0.2, 0.25) is 0 Å². The number of hydrogen-bond donors (Lipinski definition) is 4. The zero-order valence-corrected chi connectivity index (χ0v) is 14.4. The number of nitrogens with one attached hydrogen (secondary N) is 2. The molecule has 10 nitrogen and oxygen atoms in total. The molecular weight excluding hydrogens is 362 g/mol. The van der Waals surface area contributed by atoms with E-state index in [2.05, 4.69) is 40.8 Å². The van der Waals surface area contributed by atoms with Crippen molar-refractivity contribution >= 4 is 29.1 Å². The Hall–Kier alpha value is -4.21. The van der Waals surface area contributed by atoms with Crippen molar-refractivity contribution in [2.24, 2.45) is 5.10 Å². The van der Waals surface area contributed by atoms with E-state index in [4.69, 9.17) is 0 Å². The van der Waals surface area contributed by atoms with Gasteiger partial charge in [0.05, 0.1) is 6.21 Å². The summed E-state index contributed by atoms with van der Waals surface area (Å²) in [6, 6.07) is 14.0. The second-order valence-electron chi connectivity index (χ2n) is 5.78. The van der Waals surface area contributed by atoms with Gasteiger partial charge in [0.25, 0.3) is 0 Å². The zero-order valence-electron chi connectivity index (χ0n) is 14.4. The highest BCUT2D eigenvalue weighted by Crippen LogP contribution is 2.22. The summed E-state index contributed by atoms with van der Waals surface area (Å²) in [5, 5.41) is 33.8. The molecule has 0 bridgehead atoms. The maximum Gasteiger partial charge on any atom is 0.245 e. The molecule has 0 radical (unpaired) electrons. The minimum Gasteiger partial charge on any atom is -0.508 e. The zero-order chi connectivity index (χ0) is 19.3. The molecule has 0 atom stereocenters. The lowest BCUT2D eigenvalue weighted by molar-refractivity contribution is 0.314. The quantitative estimate of drug-likeness (QED) is 0.294. The first-order chi connectivity index (χ1) is 13.7. The predicted octanol–water partition coefficient (Wildman–Crippen LogP) is 2.48. The number of anilines is 2. The Morgan fingerprint density at radius 1 is 0.964 bits per heavy atom. The van der Waals surface area contributed by atoms with Crippen molar-refractivity contribution in [2.75, 3.05) is 10.7 Å². The second-order valence-corrected chi connectivity index (χ2v) is 5.78. The minimum absolute atomic E-state index is 0.0372. The van der Waals surface area contributed by atoms with Crippen LogP contribution in [0.15, 0.2) is 58.3 Å². The number of benzene rings is 2. The van der Waals surface area contributed by atoms with Crippen LogP contribution in [0.5, 0.6) is 11.5 Å². The summed E-state index contributed by atoms with van der Waals surface area (Å²) >= 11 is 0. The number of phenols is 2. The summed E-state index contributed by atoms with van der Waals surface area (Å²) in [5.74, 6) is 0.591. The highest BCUT2D eigenvalue weighted by molar-refractivity contribution is 5.84. The van der Waals surface area contributed by atoms with Crippen molar-refractivity contribution in [3.8, 4) is 11.5 Å². The molecule has 0 saturated heterocycles. The normalized spacial score (nSPS) is 11.1. The average molecular weight is 377 g/mol. The largest absolute Gasteiger partial charge is 0.508 e. The first-order valence-corrected chi connectivity index (χ1v) is 8.28. The van der Waals surface area contributed by atoms with Gasteiger partial charge in [0.2, 0.25) is 11.3 Å². The SMILES string of the molecule is Oc1ccc(C=NNc2nc3nonc3nc2NCc2ccccc2)c(O)c1. The summed E-state index contributed by atoms with van der Waals surface area (Å²) in [6.07, 6.45) is 1.39. The molecule has 0 amide bonds. The molecule has 0 aliphatic carbocycles. The lowest BCUT2D eigenvalue weighted by atomic mass is 10.2. The van der Waals surface area contributed by atoms with Gasteiger partial charge in [0.15, 0.2) is 11.6 Å². The van der Waals surface area contributed by atoms with Crippen LogP contribution in [-0.2, 0) is 6.54 Å². The van der Waals surface area contributed by atoms with Crippen molar-refractivity contribution in [3.63, 3.8) is 0 Å². The lowest BCUT2D eigenvalue weighted by Gasteiger charge is -2.09. The molecule has 0 saturated carbocycles. The van der Waals surface area contributed by atoms with Gasteiger partial charge < -0.3 is 15.5 Å². The molecule has 4 N–H and O–H groups in total. The topological polar surface area (TPSA) is 142 Å². The van der Waals surface area contributed by atoms with E-state index in [0.717, 1.165) is 5.56 Å². The fourth-order valence-corrected chi connectivity index (χ4v) is 2.42. The fraction of sp³-hybridized carbons (Fsp3) is 0.0556. The van der Waals surface area contributed by atoms with Gasteiger partial charge >= 0.3 is 0 Å². The van der Waals surface area contributed by atoms with E-state index in [1.807, 2.05) is 30.3 Å². The molecule has 0 fully saturated rings. The maximum absolute atomic E-state index is 9.82. The van der Waals surface area contributed by atoms with Gasteiger partial charge in [-0.05, 0) is 28.0 Å². The molecular formula is C18H15N7O3. The Labute approximate surface area is 158 Å². The van der Waals surface area contributed by atoms with Gasteiger partial charge in [0.1, 0.15) is 11.5 Å². The number of aromatic nitrogens is 4. The van der Waals surface area contributed by atoms with E-state index in [1.54, 1.807) is 0 Å². The van der Waals surface area contributed by atoms with Crippen molar-refractivity contribution in [1.29, 1.82) is 0 Å². The number of nitrogens with zero attached hydrogens (tertiary/aromatic N) is 5. The predicted molar refractivity (Wildman–Crippen MR) is 102 cm³/mol. The van der Waals surface area contributed by atoms with Crippen LogP contribution < -0.4 is 10.7 Å². The average Bonchev–Trinajstić information content (AvgIpc) is 3.16. The Balaban J connectivity index is 1.56. The summed E-state index contributed by atoms with van der Waals surface area (Å²) in [7, 11) is 0. The summed E-state index contributed by atoms with van der Waals surface area (Å²) in [5.41, 5.74) is 4.75. The molecule has 4 rings (SSSR count). The van der Waals surface area contributed by atoms with Crippen LogP contribution in [0, 0.1) is 0 Å². The van der Waals surface area contributed by atoms with Crippen LogP contribution in [0.3, 0.4) is 0 Å². The number of hydrogen-bond acceptors (Lipinski definition) is 10. The van der Waals surface area contributed by atoms with E-state index >= 15 is 0 Å². The number of hydrazone groups is 1. The van der Waals surface area contributed by atoms with Gasteiger partial charge in [0, 0.05) is 18.2 Å². The summed E-state index contributed by atoms with van der Waals surface area (Å²) in [4.78, 5) is 8.64. The third kappa shape index (κ3) is 3.80. The molecule has 0 aliphatic heterocycles. The number of fused-ring (bicyclic) bond motifs is 1. The second kappa shape index (κ2) is 7.58. The molecule has 140 valence electrons. The Morgan fingerprint density at radius 3 is 2.46 bits per heavy atom. The number of aromatic hydroxyl groups is 2. The van der Waals surface area contributed by atoms with Crippen molar-refractivity contribution in [3.05, 3.63) is 59.7 Å². The fourth-order valence-electron chi connectivity index (χ4n) is 2.42. The smallest absolute Gasteiger partial charge is 0.245 e. The first kappa shape index (κ1) is 17.2. The van der Waals surface area contributed by atoms with Gasteiger partial charge in [-0.25, -0.2) is 9.61 Å². The Kier molecular flexibility index (Phi) is 4.66. The third-order valence-corrected chi connectivity index (χ3v) is 3.81. The molecule has 2 heterocycles.